The third-order valence-electron chi connectivity index (χ3n) is 3.44. The SMILES string of the molecule is Cc1ccc(N2CCCOC(C)C2)c(CCN)c1. The van der Waals surface area contributed by atoms with E-state index in [9.17, 15) is 0 Å². The zero-order chi connectivity index (χ0) is 13.0. The second-order valence-corrected chi connectivity index (χ2v) is 5.15. The van der Waals surface area contributed by atoms with Gasteiger partial charge in [-0.05, 0) is 44.9 Å². The molecule has 1 saturated heterocycles. The highest BCUT2D eigenvalue weighted by Gasteiger charge is 2.17. The predicted molar refractivity (Wildman–Crippen MR) is 76.2 cm³/mol. The molecule has 1 fully saturated rings. The molecule has 0 bridgehead atoms. The van der Waals surface area contributed by atoms with Crippen LogP contribution in [0.3, 0.4) is 0 Å². The minimum atomic E-state index is 0.305. The molecule has 100 valence electrons. The van der Waals surface area contributed by atoms with Crippen LogP contribution in [0, 0.1) is 6.92 Å². The molecule has 1 atom stereocenters. The summed E-state index contributed by atoms with van der Waals surface area (Å²) in [5.74, 6) is 0. The number of rotatable bonds is 3. The lowest BCUT2D eigenvalue weighted by molar-refractivity contribution is 0.0821. The van der Waals surface area contributed by atoms with Crippen LogP contribution in [0.15, 0.2) is 18.2 Å². The molecule has 0 aromatic heterocycles. The normalized spacial score (nSPS) is 20.8. The Kier molecular flexibility index (Phi) is 4.61. The molecule has 2 rings (SSSR count). The van der Waals surface area contributed by atoms with Crippen LogP contribution in [0.25, 0.3) is 0 Å². The van der Waals surface area contributed by atoms with Gasteiger partial charge in [-0.1, -0.05) is 17.7 Å². The summed E-state index contributed by atoms with van der Waals surface area (Å²) in [6, 6.07) is 6.68. The van der Waals surface area contributed by atoms with Crippen molar-refractivity contribution in [1.82, 2.24) is 0 Å². The van der Waals surface area contributed by atoms with E-state index in [4.69, 9.17) is 10.5 Å². The van der Waals surface area contributed by atoms with E-state index in [-0.39, 0.29) is 0 Å². The summed E-state index contributed by atoms with van der Waals surface area (Å²) in [6.07, 6.45) is 2.35. The van der Waals surface area contributed by atoms with Crippen LogP contribution in [0.5, 0.6) is 0 Å². The van der Waals surface area contributed by atoms with E-state index in [2.05, 4.69) is 36.9 Å². The summed E-state index contributed by atoms with van der Waals surface area (Å²) in [7, 11) is 0. The topological polar surface area (TPSA) is 38.5 Å². The van der Waals surface area contributed by atoms with E-state index in [1.807, 2.05) is 0 Å². The quantitative estimate of drug-likeness (QED) is 0.890. The minimum absolute atomic E-state index is 0.305. The number of nitrogens with zero attached hydrogens (tertiary/aromatic N) is 1. The van der Waals surface area contributed by atoms with Gasteiger partial charge in [-0.15, -0.1) is 0 Å². The molecular formula is C15H24N2O. The Labute approximate surface area is 110 Å². The van der Waals surface area contributed by atoms with Gasteiger partial charge in [0.1, 0.15) is 0 Å². The number of benzene rings is 1. The standard InChI is InChI=1S/C15H24N2O/c1-12-4-5-15(14(10-12)6-7-16)17-8-3-9-18-13(2)11-17/h4-5,10,13H,3,6-9,11,16H2,1-2H3. The number of anilines is 1. The lowest BCUT2D eigenvalue weighted by atomic mass is 10.0. The molecule has 18 heavy (non-hydrogen) atoms. The molecule has 0 amide bonds. The summed E-state index contributed by atoms with van der Waals surface area (Å²) in [5.41, 5.74) is 9.73. The zero-order valence-electron chi connectivity index (χ0n) is 11.5. The zero-order valence-corrected chi connectivity index (χ0v) is 11.5. The van der Waals surface area contributed by atoms with Crippen molar-refractivity contribution in [3.8, 4) is 0 Å². The molecule has 1 aliphatic heterocycles. The van der Waals surface area contributed by atoms with Crippen LogP contribution in [0.4, 0.5) is 5.69 Å². The predicted octanol–water partition coefficient (Wildman–Crippen LogP) is 2.11. The molecule has 1 aromatic carbocycles. The van der Waals surface area contributed by atoms with Crippen molar-refractivity contribution < 1.29 is 4.74 Å². The summed E-state index contributed by atoms with van der Waals surface area (Å²) in [4.78, 5) is 2.45. The van der Waals surface area contributed by atoms with Gasteiger partial charge in [-0.3, -0.25) is 0 Å². The molecule has 3 heteroatoms. The number of hydrogen-bond donors (Lipinski definition) is 1. The van der Waals surface area contributed by atoms with Gasteiger partial charge < -0.3 is 15.4 Å². The van der Waals surface area contributed by atoms with Crippen molar-refractivity contribution in [3.63, 3.8) is 0 Å². The van der Waals surface area contributed by atoms with E-state index >= 15 is 0 Å². The van der Waals surface area contributed by atoms with Crippen LogP contribution in [-0.4, -0.2) is 32.3 Å². The van der Waals surface area contributed by atoms with Crippen molar-refractivity contribution in [2.45, 2.75) is 32.8 Å². The fourth-order valence-corrected chi connectivity index (χ4v) is 2.59. The first-order valence-corrected chi connectivity index (χ1v) is 6.87. The first-order chi connectivity index (χ1) is 8.70. The van der Waals surface area contributed by atoms with Crippen LogP contribution >= 0.6 is 0 Å². The van der Waals surface area contributed by atoms with E-state index < -0.39 is 0 Å². The third kappa shape index (κ3) is 3.24. The van der Waals surface area contributed by atoms with Crippen LogP contribution in [0.1, 0.15) is 24.5 Å². The summed E-state index contributed by atoms with van der Waals surface area (Å²) >= 11 is 0. The Morgan fingerprint density at radius 1 is 1.44 bits per heavy atom. The van der Waals surface area contributed by atoms with Crippen molar-refractivity contribution in [3.05, 3.63) is 29.3 Å². The van der Waals surface area contributed by atoms with Crippen molar-refractivity contribution >= 4 is 5.69 Å². The lowest BCUT2D eigenvalue weighted by Gasteiger charge is -2.27. The molecule has 0 radical (unpaired) electrons. The Morgan fingerprint density at radius 3 is 3.06 bits per heavy atom. The number of aryl methyl sites for hydroxylation is 1. The number of hydrogen-bond acceptors (Lipinski definition) is 3. The highest BCUT2D eigenvalue weighted by molar-refractivity contribution is 5.55. The largest absolute Gasteiger partial charge is 0.377 e. The highest BCUT2D eigenvalue weighted by Crippen LogP contribution is 2.24. The number of ether oxygens (including phenoxy) is 1. The van der Waals surface area contributed by atoms with Crippen molar-refractivity contribution in [2.75, 3.05) is 31.1 Å². The second-order valence-electron chi connectivity index (χ2n) is 5.15. The van der Waals surface area contributed by atoms with E-state index in [0.717, 1.165) is 32.5 Å². The van der Waals surface area contributed by atoms with Crippen molar-refractivity contribution in [1.29, 1.82) is 0 Å². The molecular weight excluding hydrogens is 224 g/mol. The monoisotopic (exact) mass is 248 g/mol. The molecule has 0 aliphatic carbocycles. The lowest BCUT2D eigenvalue weighted by Crippen LogP contribution is -2.31. The maximum atomic E-state index is 5.72. The Morgan fingerprint density at radius 2 is 2.28 bits per heavy atom. The molecule has 2 N–H and O–H groups in total. The molecule has 1 unspecified atom stereocenters. The van der Waals surface area contributed by atoms with Gasteiger partial charge in [0.05, 0.1) is 6.10 Å². The van der Waals surface area contributed by atoms with Gasteiger partial charge in [-0.25, -0.2) is 0 Å². The highest BCUT2D eigenvalue weighted by atomic mass is 16.5. The summed E-state index contributed by atoms with van der Waals surface area (Å²) in [5, 5.41) is 0. The average Bonchev–Trinajstić information content (AvgIpc) is 2.54. The first-order valence-electron chi connectivity index (χ1n) is 6.87. The third-order valence-corrected chi connectivity index (χ3v) is 3.44. The Hall–Kier alpha value is -1.06. The average molecular weight is 248 g/mol. The molecule has 1 aromatic rings. The minimum Gasteiger partial charge on any atom is -0.377 e. The van der Waals surface area contributed by atoms with Gasteiger partial charge in [0.15, 0.2) is 0 Å². The molecule has 1 aliphatic rings. The van der Waals surface area contributed by atoms with Gasteiger partial charge in [0, 0.05) is 25.4 Å². The van der Waals surface area contributed by atoms with Crippen molar-refractivity contribution in [2.24, 2.45) is 5.73 Å². The van der Waals surface area contributed by atoms with Gasteiger partial charge in [0.25, 0.3) is 0 Å². The molecule has 0 spiro atoms. The van der Waals surface area contributed by atoms with Gasteiger partial charge in [0.2, 0.25) is 0 Å². The summed E-state index contributed by atoms with van der Waals surface area (Å²) in [6.45, 7) is 7.91. The van der Waals surface area contributed by atoms with Crippen LogP contribution in [-0.2, 0) is 11.2 Å². The molecule has 0 saturated carbocycles. The smallest absolute Gasteiger partial charge is 0.0721 e. The maximum Gasteiger partial charge on any atom is 0.0721 e. The van der Waals surface area contributed by atoms with E-state index in [1.54, 1.807) is 0 Å². The van der Waals surface area contributed by atoms with Crippen LogP contribution < -0.4 is 10.6 Å². The Bertz CT molecular complexity index is 392. The van der Waals surface area contributed by atoms with Gasteiger partial charge in [-0.2, -0.15) is 0 Å². The number of nitrogens with two attached hydrogens (primary N) is 1. The molecule has 3 nitrogen and oxygen atoms in total. The fourth-order valence-electron chi connectivity index (χ4n) is 2.59. The summed E-state index contributed by atoms with van der Waals surface area (Å²) < 4.78 is 5.71. The van der Waals surface area contributed by atoms with Crippen LogP contribution in [0.2, 0.25) is 0 Å². The Balaban J connectivity index is 2.24. The first kappa shape index (κ1) is 13.4. The van der Waals surface area contributed by atoms with Gasteiger partial charge >= 0.3 is 0 Å². The fraction of sp³-hybridized carbons (Fsp3) is 0.600. The maximum absolute atomic E-state index is 5.72. The molecule has 1 heterocycles. The second kappa shape index (κ2) is 6.21. The van der Waals surface area contributed by atoms with E-state index in [1.165, 1.54) is 16.8 Å². The van der Waals surface area contributed by atoms with E-state index in [0.29, 0.717) is 12.6 Å².